The van der Waals surface area contributed by atoms with Crippen LogP contribution >= 0.6 is 11.6 Å². The van der Waals surface area contributed by atoms with Crippen LogP contribution in [0, 0.1) is 5.82 Å². The third-order valence-electron chi connectivity index (χ3n) is 2.18. The molecule has 0 amide bonds. The lowest BCUT2D eigenvalue weighted by molar-refractivity contribution is -0.139. The number of carboxylic acid groups (broad SMARTS) is 1. The number of rotatable bonds is 5. The third kappa shape index (κ3) is 3.51. The maximum Gasteiger partial charge on any atom is 0.310 e. The number of aliphatic carboxylic acids is 1. The monoisotopic (exact) mass is 230 g/mol. The molecule has 0 aromatic heterocycles. The predicted octanol–water partition coefficient (Wildman–Crippen LogP) is 3.01. The molecule has 1 atom stereocenters. The molecule has 0 aliphatic heterocycles. The molecule has 0 aliphatic rings. The Bertz CT molecular complexity index is 341. The SMILES string of the molecule is O=C(O)C(CCCCl)c1cccc(F)c1. The Morgan fingerprint density at radius 1 is 1.53 bits per heavy atom. The molecular weight excluding hydrogens is 219 g/mol. The molecule has 0 heterocycles. The highest BCUT2D eigenvalue weighted by Gasteiger charge is 2.19. The van der Waals surface area contributed by atoms with Gasteiger partial charge in [0.15, 0.2) is 0 Å². The van der Waals surface area contributed by atoms with Gasteiger partial charge in [0.1, 0.15) is 5.82 Å². The van der Waals surface area contributed by atoms with Crippen LogP contribution in [0.25, 0.3) is 0 Å². The number of alkyl halides is 1. The first-order chi connectivity index (χ1) is 7.15. The summed E-state index contributed by atoms with van der Waals surface area (Å²) in [5.74, 6) is -1.60. The van der Waals surface area contributed by atoms with E-state index in [0.717, 1.165) is 0 Å². The van der Waals surface area contributed by atoms with Crippen molar-refractivity contribution in [1.29, 1.82) is 0 Å². The zero-order chi connectivity index (χ0) is 11.3. The van der Waals surface area contributed by atoms with Gasteiger partial charge in [-0.1, -0.05) is 12.1 Å². The summed E-state index contributed by atoms with van der Waals surface area (Å²) in [7, 11) is 0. The van der Waals surface area contributed by atoms with E-state index in [0.29, 0.717) is 24.3 Å². The first kappa shape index (κ1) is 12.0. The third-order valence-corrected chi connectivity index (χ3v) is 2.44. The van der Waals surface area contributed by atoms with Crippen molar-refractivity contribution in [1.82, 2.24) is 0 Å². The molecule has 82 valence electrons. The second-order valence-electron chi connectivity index (χ2n) is 3.28. The maximum absolute atomic E-state index is 12.9. The number of hydrogen-bond acceptors (Lipinski definition) is 1. The highest BCUT2D eigenvalue weighted by molar-refractivity contribution is 6.17. The quantitative estimate of drug-likeness (QED) is 0.790. The van der Waals surface area contributed by atoms with Crippen LogP contribution in [0.15, 0.2) is 24.3 Å². The lowest BCUT2D eigenvalue weighted by atomic mass is 9.95. The molecule has 0 fully saturated rings. The summed E-state index contributed by atoms with van der Waals surface area (Å²) in [5.41, 5.74) is 0.493. The minimum Gasteiger partial charge on any atom is -0.481 e. The van der Waals surface area contributed by atoms with Gasteiger partial charge in [-0.05, 0) is 30.5 Å². The molecule has 1 rings (SSSR count). The van der Waals surface area contributed by atoms with E-state index in [-0.39, 0.29) is 0 Å². The molecule has 1 N–H and O–H groups in total. The normalized spacial score (nSPS) is 12.4. The molecule has 0 radical (unpaired) electrons. The number of carboxylic acids is 1. The largest absolute Gasteiger partial charge is 0.481 e. The van der Waals surface area contributed by atoms with E-state index < -0.39 is 17.7 Å². The maximum atomic E-state index is 12.9. The Labute approximate surface area is 92.7 Å². The van der Waals surface area contributed by atoms with Crippen molar-refractivity contribution in [2.24, 2.45) is 0 Å². The van der Waals surface area contributed by atoms with E-state index in [1.54, 1.807) is 6.07 Å². The summed E-state index contributed by atoms with van der Waals surface area (Å²) < 4.78 is 12.9. The topological polar surface area (TPSA) is 37.3 Å². The average Bonchev–Trinajstić information content (AvgIpc) is 2.18. The van der Waals surface area contributed by atoms with Gasteiger partial charge in [0.2, 0.25) is 0 Å². The van der Waals surface area contributed by atoms with Gasteiger partial charge in [-0.3, -0.25) is 4.79 Å². The number of halogens is 2. The summed E-state index contributed by atoms with van der Waals surface area (Å²) in [6, 6.07) is 5.69. The summed E-state index contributed by atoms with van der Waals surface area (Å²) in [4.78, 5) is 11.0. The van der Waals surface area contributed by atoms with E-state index in [2.05, 4.69) is 0 Å². The van der Waals surface area contributed by atoms with Crippen molar-refractivity contribution in [3.8, 4) is 0 Å². The van der Waals surface area contributed by atoms with Crippen LogP contribution in [0.1, 0.15) is 24.3 Å². The molecule has 1 aromatic carbocycles. The van der Waals surface area contributed by atoms with E-state index in [1.807, 2.05) is 0 Å². The predicted molar refractivity (Wildman–Crippen MR) is 56.7 cm³/mol. The summed E-state index contributed by atoms with van der Waals surface area (Å²) in [6.45, 7) is 0. The van der Waals surface area contributed by atoms with Gasteiger partial charge in [0.25, 0.3) is 0 Å². The second kappa shape index (κ2) is 5.71. The molecule has 1 unspecified atom stereocenters. The first-order valence-electron chi connectivity index (χ1n) is 4.69. The first-order valence-corrected chi connectivity index (χ1v) is 5.23. The van der Waals surface area contributed by atoms with Crippen LogP contribution in [0.3, 0.4) is 0 Å². The molecule has 4 heteroatoms. The fourth-order valence-electron chi connectivity index (χ4n) is 1.44. The lowest BCUT2D eigenvalue weighted by Crippen LogP contribution is -2.12. The number of hydrogen-bond donors (Lipinski definition) is 1. The van der Waals surface area contributed by atoms with Crippen molar-refractivity contribution in [3.05, 3.63) is 35.6 Å². The van der Waals surface area contributed by atoms with Gasteiger partial charge in [-0.2, -0.15) is 0 Å². The van der Waals surface area contributed by atoms with Crippen LogP contribution in [0.4, 0.5) is 4.39 Å². The zero-order valence-corrected chi connectivity index (χ0v) is 8.88. The fourth-order valence-corrected chi connectivity index (χ4v) is 1.59. The minimum atomic E-state index is -0.939. The van der Waals surface area contributed by atoms with Gasteiger partial charge in [0.05, 0.1) is 5.92 Å². The van der Waals surface area contributed by atoms with Crippen LogP contribution < -0.4 is 0 Å². The van der Waals surface area contributed by atoms with E-state index >= 15 is 0 Å². The highest BCUT2D eigenvalue weighted by Crippen LogP contribution is 2.22. The lowest BCUT2D eigenvalue weighted by Gasteiger charge is -2.11. The molecule has 0 spiro atoms. The number of benzene rings is 1. The van der Waals surface area contributed by atoms with Gasteiger partial charge in [0, 0.05) is 5.88 Å². The Hall–Kier alpha value is -1.09. The molecule has 0 saturated carbocycles. The van der Waals surface area contributed by atoms with Crippen molar-refractivity contribution in [2.45, 2.75) is 18.8 Å². The second-order valence-corrected chi connectivity index (χ2v) is 3.66. The molecule has 1 aromatic rings. The zero-order valence-electron chi connectivity index (χ0n) is 8.12. The van der Waals surface area contributed by atoms with Crippen molar-refractivity contribution >= 4 is 17.6 Å². The Morgan fingerprint density at radius 2 is 2.27 bits per heavy atom. The standard InChI is InChI=1S/C11H12ClFO2/c12-6-2-5-10(11(14)15)8-3-1-4-9(13)7-8/h1,3-4,7,10H,2,5-6H2,(H,14,15). The molecule has 0 bridgehead atoms. The van der Waals surface area contributed by atoms with Crippen LogP contribution in [-0.2, 0) is 4.79 Å². The molecule has 15 heavy (non-hydrogen) atoms. The van der Waals surface area contributed by atoms with Crippen LogP contribution in [0.2, 0.25) is 0 Å². The van der Waals surface area contributed by atoms with Crippen molar-refractivity contribution in [2.75, 3.05) is 5.88 Å². The van der Waals surface area contributed by atoms with Gasteiger partial charge < -0.3 is 5.11 Å². The average molecular weight is 231 g/mol. The molecule has 0 aliphatic carbocycles. The summed E-state index contributed by atoms with van der Waals surface area (Å²) >= 11 is 5.50. The number of carbonyl (C=O) groups is 1. The van der Waals surface area contributed by atoms with Gasteiger partial charge in [-0.25, -0.2) is 4.39 Å². The molecular formula is C11H12ClFO2. The van der Waals surface area contributed by atoms with E-state index in [1.165, 1.54) is 18.2 Å². The van der Waals surface area contributed by atoms with Crippen LogP contribution in [-0.4, -0.2) is 17.0 Å². The van der Waals surface area contributed by atoms with Crippen molar-refractivity contribution in [3.63, 3.8) is 0 Å². The summed E-state index contributed by atoms with van der Waals surface area (Å²) in [5, 5.41) is 8.98. The van der Waals surface area contributed by atoms with E-state index in [4.69, 9.17) is 16.7 Å². The smallest absolute Gasteiger partial charge is 0.310 e. The molecule has 2 nitrogen and oxygen atoms in total. The van der Waals surface area contributed by atoms with E-state index in [9.17, 15) is 9.18 Å². The van der Waals surface area contributed by atoms with Crippen LogP contribution in [0.5, 0.6) is 0 Å². The Kier molecular flexibility index (Phi) is 4.56. The Balaban J connectivity index is 2.84. The highest BCUT2D eigenvalue weighted by atomic mass is 35.5. The van der Waals surface area contributed by atoms with Gasteiger partial charge >= 0.3 is 5.97 Å². The fraction of sp³-hybridized carbons (Fsp3) is 0.364. The molecule has 0 saturated heterocycles. The Morgan fingerprint density at radius 3 is 2.80 bits per heavy atom. The minimum absolute atomic E-state index is 0.412. The van der Waals surface area contributed by atoms with Crippen molar-refractivity contribution < 1.29 is 14.3 Å². The summed E-state index contributed by atoms with van der Waals surface area (Å²) in [6.07, 6.45) is 1.04. The van der Waals surface area contributed by atoms with Gasteiger partial charge in [-0.15, -0.1) is 11.6 Å².